The molecule has 0 saturated carbocycles. The van der Waals surface area contributed by atoms with Crippen LogP contribution in [0.5, 0.6) is 5.75 Å². The van der Waals surface area contributed by atoms with Crippen LogP contribution in [0.2, 0.25) is 0 Å². The highest BCUT2D eigenvalue weighted by atomic mass is 16.5. The fourth-order valence-electron chi connectivity index (χ4n) is 3.03. The summed E-state index contributed by atoms with van der Waals surface area (Å²) in [4.78, 5) is 26.2. The number of nitrogens with zero attached hydrogens (tertiary/aromatic N) is 1. The SMILES string of the molecule is COCCN1Cc2cc(C(=O)NCC3CCCO3)ccc2OCC1=O. The Morgan fingerprint density at radius 3 is 3.08 bits per heavy atom. The maximum Gasteiger partial charge on any atom is 0.260 e. The van der Waals surface area contributed by atoms with Crippen molar-refractivity contribution in [2.75, 3.05) is 40.0 Å². The normalized spacial score (nSPS) is 20.0. The van der Waals surface area contributed by atoms with Gasteiger partial charge in [-0.1, -0.05) is 0 Å². The number of ether oxygens (including phenoxy) is 3. The molecule has 0 radical (unpaired) electrons. The molecule has 2 aliphatic heterocycles. The summed E-state index contributed by atoms with van der Waals surface area (Å²) in [7, 11) is 1.60. The molecule has 2 amide bonds. The molecule has 1 fully saturated rings. The fraction of sp³-hybridized carbons (Fsp3) is 0.556. The highest BCUT2D eigenvalue weighted by Gasteiger charge is 2.23. The zero-order valence-corrected chi connectivity index (χ0v) is 14.5. The van der Waals surface area contributed by atoms with E-state index in [1.54, 1.807) is 30.2 Å². The van der Waals surface area contributed by atoms with Crippen LogP contribution in [0.1, 0.15) is 28.8 Å². The molecular weight excluding hydrogens is 324 g/mol. The topological polar surface area (TPSA) is 77.1 Å². The molecule has 2 aliphatic rings. The number of methoxy groups -OCH3 is 1. The van der Waals surface area contributed by atoms with E-state index in [4.69, 9.17) is 14.2 Å². The third-order valence-electron chi connectivity index (χ3n) is 4.47. The van der Waals surface area contributed by atoms with E-state index in [1.807, 2.05) is 0 Å². The van der Waals surface area contributed by atoms with Crippen molar-refractivity contribution in [3.05, 3.63) is 29.3 Å². The molecule has 0 spiro atoms. The minimum absolute atomic E-state index is 0.00127. The Balaban J connectivity index is 1.67. The van der Waals surface area contributed by atoms with Gasteiger partial charge in [0.25, 0.3) is 11.8 Å². The van der Waals surface area contributed by atoms with Crippen molar-refractivity contribution < 1.29 is 23.8 Å². The molecular formula is C18H24N2O5. The quantitative estimate of drug-likeness (QED) is 0.829. The summed E-state index contributed by atoms with van der Waals surface area (Å²) in [6, 6.07) is 5.26. The summed E-state index contributed by atoms with van der Waals surface area (Å²) in [5, 5.41) is 2.91. The summed E-state index contributed by atoms with van der Waals surface area (Å²) in [6.07, 6.45) is 2.13. The lowest BCUT2D eigenvalue weighted by atomic mass is 10.1. The number of carbonyl (C=O) groups excluding carboxylic acids is 2. The lowest BCUT2D eigenvalue weighted by molar-refractivity contribution is -0.133. The van der Waals surface area contributed by atoms with Crippen LogP contribution >= 0.6 is 0 Å². The Morgan fingerprint density at radius 2 is 2.32 bits per heavy atom. The average Bonchev–Trinajstić information content (AvgIpc) is 3.09. The van der Waals surface area contributed by atoms with Gasteiger partial charge in [-0.15, -0.1) is 0 Å². The molecule has 25 heavy (non-hydrogen) atoms. The number of fused-ring (bicyclic) bond motifs is 1. The zero-order chi connectivity index (χ0) is 17.6. The molecule has 0 aliphatic carbocycles. The summed E-state index contributed by atoms with van der Waals surface area (Å²) in [6.45, 7) is 2.65. The third-order valence-corrected chi connectivity index (χ3v) is 4.47. The predicted molar refractivity (Wildman–Crippen MR) is 90.5 cm³/mol. The lowest BCUT2D eigenvalue weighted by Gasteiger charge is -2.19. The van der Waals surface area contributed by atoms with Crippen LogP contribution in [0.15, 0.2) is 18.2 Å². The van der Waals surface area contributed by atoms with E-state index in [0.29, 0.717) is 37.6 Å². The zero-order valence-electron chi connectivity index (χ0n) is 14.5. The number of hydrogen-bond acceptors (Lipinski definition) is 5. The number of amides is 2. The van der Waals surface area contributed by atoms with Gasteiger partial charge in [0.05, 0.1) is 12.7 Å². The van der Waals surface area contributed by atoms with Gasteiger partial charge in [-0.05, 0) is 31.0 Å². The average molecular weight is 348 g/mol. The maximum atomic E-state index is 12.4. The van der Waals surface area contributed by atoms with Crippen molar-refractivity contribution in [2.45, 2.75) is 25.5 Å². The molecule has 1 atom stereocenters. The van der Waals surface area contributed by atoms with Gasteiger partial charge in [0, 0.05) is 44.5 Å². The minimum Gasteiger partial charge on any atom is -0.483 e. The van der Waals surface area contributed by atoms with E-state index >= 15 is 0 Å². The minimum atomic E-state index is -0.141. The van der Waals surface area contributed by atoms with Gasteiger partial charge in [-0.2, -0.15) is 0 Å². The second-order valence-electron chi connectivity index (χ2n) is 6.26. The van der Waals surface area contributed by atoms with Crippen LogP contribution in [0.3, 0.4) is 0 Å². The van der Waals surface area contributed by atoms with Crippen molar-refractivity contribution in [3.63, 3.8) is 0 Å². The molecule has 1 unspecified atom stereocenters. The number of carbonyl (C=O) groups is 2. The van der Waals surface area contributed by atoms with E-state index in [2.05, 4.69) is 5.32 Å². The first-order valence-electron chi connectivity index (χ1n) is 8.59. The van der Waals surface area contributed by atoms with Crippen LogP contribution in [0, 0.1) is 0 Å². The lowest BCUT2D eigenvalue weighted by Crippen LogP contribution is -2.35. The van der Waals surface area contributed by atoms with Gasteiger partial charge in [-0.3, -0.25) is 9.59 Å². The van der Waals surface area contributed by atoms with E-state index in [-0.39, 0.29) is 24.5 Å². The second-order valence-corrected chi connectivity index (χ2v) is 6.26. The first-order valence-corrected chi connectivity index (χ1v) is 8.59. The predicted octanol–water partition coefficient (Wildman–Crippen LogP) is 0.963. The Kier molecular flexibility index (Phi) is 5.88. The molecule has 0 bridgehead atoms. The highest BCUT2D eigenvalue weighted by Crippen LogP contribution is 2.25. The van der Waals surface area contributed by atoms with Crippen LogP contribution < -0.4 is 10.1 Å². The Morgan fingerprint density at radius 1 is 1.44 bits per heavy atom. The Bertz CT molecular complexity index is 628. The van der Waals surface area contributed by atoms with E-state index in [0.717, 1.165) is 25.0 Å². The van der Waals surface area contributed by atoms with E-state index in [9.17, 15) is 9.59 Å². The molecule has 2 heterocycles. The van der Waals surface area contributed by atoms with Gasteiger partial charge < -0.3 is 24.4 Å². The maximum absolute atomic E-state index is 12.4. The molecule has 1 N–H and O–H groups in total. The fourth-order valence-corrected chi connectivity index (χ4v) is 3.03. The number of rotatable bonds is 6. The summed E-state index contributed by atoms with van der Waals surface area (Å²) in [5.41, 5.74) is 1.38. The number of hydrogen-bond donors (Lipinski definition) is 1. The van der Waals surface area contributed by atoms with Gasteiger partial charge >= 0.3 is 0 Å². The van der Waals surface area contributed by atoms with Crippen molar-refractivity contribution >= 4 is 11.8 Å². The number of benzene rings is 1. The molecule has 1 aromatic rings. The van der Waals surface area contributed by atoms with Gasteiger partial charge in [0.15, 0.2) is 6.61 Å². The van der Waals surface area contributed by atoms with Gasteiger partial charge in [0.2, 0.25) is 0 Å². The molecule has 0 aromatic heterocycles. The van der Waals surface area contributed by atoms with Crippen LogP contribution in [0.25, 0.3) is 0 Å². The monoisotopic (exact) mass is 348 g/mol. The van der Waals surface area contributed by atoms with Crippen LogP contribution in [-0.4, -0.2) is 62.8 Å². The molecule has 1 saturated heterocycles. The van der Waals surface area contributed by atoms with E-state index < -0.39 is 0 Å². The Labute approximate surface area is 147 Å². The first kappa shape index (κ1) is 17.7. The first-order chi connectivity index (χ1) is 12.2. The van der Waals surface area contributed by atoms with Gasteiger partial charge in [0.1, 0.15) is 5.75 Å². The summed E-state index contributed by atoms with van der Waals surface area (Å²) in [5.74, 6) is 0.416. The third kappa shape index (κ3) is 4.49. The van der Waals surface area contributed by atoms with E-state index in [1.165, 1.54) is 0 Å². The summed E-state index contributed by atoms with van der Waals surface area (Å²) >= 11 is 0. The molecule has 3 rings (SSSR count). The van der Waals surface area contributed by atoms with Crippen molar-refractivity contribution in [1.82, 2.24) is 10.2 Å². The summed E-state index contributed by atoms with van der Waals surface area (Å²) < 4.78 is 16.1. The van der Waals surface area contributed by atoms with Crippen molar-refractivity contribution in [3.8, 4) is 5.75 Å². The Hall–Kier alpha value is -2.12. The van der Waals surface area contributed by atoms with Crippen LogP contribution in [-0.2, 0) is 20.8 Å². The second kappa shape index (κ2) is 8.31. The standard InChI is InChI=1S/C18H24N2O5/c1-23-8-6-20-11-14-9-13(4-5-16(14)25-12-17(20)21)18(22)19-10-15-3-2-7-24-15/h4-5,9,15H,2-3,6-8,10-12H2,1H3,(H,19,22). The largest absolute Gasteiger partial charge is 0.483 e. The molecule has 136 valence electrons. The molecule has 7 heteroatoms. The van der Waals surface area contributed by atoms with Crippen molar-refractivity contribution in [2.24, 2.45) is 0 Å². The van der Waals surface area contributed by atoms with Crippen molar-refractivity contribution in [1.29, 1.82) is 0 Å². The van der Waals surface area contributed by atoms with Gasteiger partial charge in [-0.25, -0.2) is 0 Å². The number of nitrogens with one attached hydrogen (secondary N) is 1. The molecule has 1 aromatic carbocycles. The smallest absolute Gasteiger partial charge is 0.260 e. The highest BCUT2D eigenvalue weighted by molar-refractivity contribution is 5.94. The molecule has 7 nitrogen and oxygen atoms in total. The van der Waals surface area contributed by atoms with Crippen LogP contribution in [0.4, 0.5) is 0 Å².